The van der Waals surface area contributed by atoms with Gasteiger partial charge in [-0.1, -0.05) is 32.4 Å². The highest BCUT2D eigenvalue weighted by atomic mass is 16.1. The van der Waals surface area contributed by atoms with Gasteiger partial charge in [-0.2, -0.15) is 0 Å². The minimum absolute atomic E-state index is 0.0691. The highest BCUT2D eigenvalue weighted by Gasteiger charge is 2.36. The number of aldehydes is 1. The Hall–Kier alpha value is -1.33. The number of likely N-dealkylation sites (N-methyl/N-ethyl adjacent to an activating group) is 2. The van der Waals surface area contributed by atoms with Gasteiger partial charge < -0.3 is 25.6 Å². The van der Waals surface area contributed by atoms with Crippen LogP contribution in [0.25, 0.3) is 0 Å². The maximum atomic E-state index is 11.5. The zero-order chi connectivity index (χ0) is 17.5. The molecule has 136 valence electrons. The Morgan fingerprint density at radius 1 is 1.25 bits per heavy atom. The van der Waals surface area contributed by atoms with Crippen LogP contribution in [0.4, 0.5) is 0 Å². The zero-order valence-corrected chi connectivity index (χ0v) is 15.3. The summed E-state index contributed by atoms with van der Waals surface area (Å²) in [5, 5.41) is 10.1. The van der Waals surface area contributed by atoms with E-state index < -0.39 is 0 Å². The molecule has 0 spiro atoms. The molecule has 5 nitrogen and oxygen atoms in total. The zero-order valence-electron chi connectivity index (χ0n) is 15.3. The number of nitrogens with one attached hydrogen (secondary N) is 3. The van der Waals surface area contributed by atoms with Crippen molar-refractivity contribution in [3.63, 3.8) is 0 Å². The van der Waals surface area contributed by atoms with Crippen LogP contribution in [0.3, 0.4) is 0 Å². The molecule has 1 aliphatic heterocycles. The molecule has 1 saturated carbocycles. The molecule has 0 amide bonds. The van der Waals surface area contributed by atoms with Crippen LogP contribution in [-0.2, 0) is 4.79 Å². The second kappa shape index (κ2) is 9.23. The topological polar surface area (TPSA) is 56.4 Å². The van der Waals surface area contributed by atoms with Crippen molar-refractivity contribution >= 4 is 6.29 Å². The van der Waals surface area contributed by atoms with Crippen molar-refractivity contribution in [2.24, 2.45) is 5.92 Å². The maximum absolute atomic E-state index is 11.5. The minimum Gasteiger partial charge on any atom is -0.379 e. The predicted octanol–water partition coefficient (Wildman–Crippen LogP) is 1.63. The van der Waals surface area contributed by atoms with Crippen LogP contribution in [0.15, 0.2) is 24.6 Å². The number of hydrogen-bond donors (Lipinski definition) is 3. The SMILES string of the molecule is C=C(CNC)NC(C(=C)N1CC(NC)CC1C=O)C1CCCCC1. The van der Waals surface area contributed by atoms with E-state index in [1.807, 2.05) is 14.1 Å². The van der Waals surface area contributed by atoms with Crippen LogP contribution < -0.4 is 16.0 Å². The average molecular weight is 335 g/mol. The highest BCUT2D eigenvalue weighted by Crippen LogP contribution is 2.32. The van der Waals surface area contributed by atoms with Crippen molar-refractivity contribution in [3.8, 4) is 0 Å². The molecule has 0 bridgehead atoms. The van der Waals surface area contributed by atoms with Crippen LogP contribution in [0.5, 0.6) is 0 Å². The maximum Gasteiger partial charge on any atom is 0.142 e. The Morgan fingerprint density at radius 2 is 1.96 bits per heavy atom. The van der Waals surface area contributed by atoms with Gasteiger partial charge in [-0.05, 0) is 39.3 Å². The van der Waals surface area contributed by atoms with E-state index in [9.17, 15) is 4.79 Å². The molecule has 2 rings (SSSR count). The summed E-state index contributed by atoms with van der Waals surface area (Å²) in [6.45, 7) is 10.1. The van der Waals surface area contributed by atoms with Gasteiger partial charge in [0.05, 0.1) is 12.1 Å². The van der Waals surface area contributed by atoms with Crippen molar-refractivity contribution < 1.29 is 4.79 Å². The first-order chi connectivity index (χ1) is 11.6. The third kappa shape index (κ3) is 4.61. The van der Waals surface area contributed by atoms with Crippen molar-refractivity contribution in [2.45, 2.75) is 56.7 Å². The van der Waals surface area contributed by atoms with E-state index in [1.165, 1.54) is 32.1 Å². The first-order valence-electron chi connectivity index (χ1n) is 9.27. The second-order valence-electron chi connectivity index (χ2n) is 7.22. The number of nitrogens with zero attached hydrogens (tertiary/aromatic N) is 1. The lowest BCUT2D eigenvalue weighted by Gasteiger charge is -2.38. The quantitative estimate of drug-likeness (QED) is 0.560. The van der Waals surface area contributed by atoms with Gasteiger partial charge in [-0.25, -0.2) is 0 Å². The number of carbonyl (C=O) groups excluding carboxylic acids is 1. The first-order valence-corrected chi connectivity index (χ1v) is 9.27. The van der Waals surface area contributed by atoms with Gasteiger partial charge in [0.15, 0.2) is 0 Å². The Kier molecular flexibility index (Phi) is 7.31. The van der Waals surface area contributed by atoms with E-state index in [-0.39, 0.29) is 12.1 Å². The minimum atomic E-state index is -0.0691. The lowest BCUT2D eigenvalue weighted by molar-refractivity contribution is -0.111. The summed E-state index contributed by atoms with van der Waals surface area (Å²) in [5.74, 6) is 0.570. The largest absolute Gasteiger partial charge is 0.379 e. The molecule has 2 fully saturated rings. The molecule has 3 N–H and O–H groups in total. The molecule has 0 radical (unpaired) electrons. The normalized spacial score (nSPS) is 26.2. The lowest BCUT2D eigenvalue weighted by atomic mass is 9.82. The Morgan fingerprint density at radius 3 is 2.54 bits per heavy atom. The van der Waals surface area contributed by atoms with Gasteiger partial charge in [0.25, 0.3) is 0 Å². The smallest absolute Gasteiger partial charge is 0.142 e. The fourth-order valence-electron chi connectivity index (χ4n) is 4.14. The van der Waals surface area contributed by atoms with E-state index in [4.69, 9.17) is 0 Å². The van der Waals surface area contributed by atoms with Crippen LogP contribution in [-0.4, -0.2) is 56.5 Å². The van der Waals surface area contributed by atoms with E-state index in [0.29, 0.717) is 12.0 Å². The fraction of sp³-hybridized carbons (Fsp3) is 0.737. The predicted molar refractivity (Wildman–Crippen MR) is 99.7 cm³/mol. The van der Waals surface area contributed by atoms with Crippen molar-refractivity contribution in [2.75, 3.05) is 27.2 Å². The molecule has 1 aliphatic carbocycles. The van der Waals surface area contributed by atoms with Crippen LogP contribution in [0, 0.1) is 5.92 Å². The molecule has 0 aromatic carbocycles. The van der Waals surface area contributed by atoms with Crippen molar-refractivity contribution in [1.82, 2.24) is 20.9 Å². The van der Waals surface area contributed by atoms with Gasteiger partial charge in [-0.15, -0.1) is 0 Å². The molecule has 3 unspecified atom stereocenters. The summed E-state index contributed by atoms with van der Waals surface area (Å²) < 4.78 is 0. The molecule has 24 heavy (non-hydrogen) atoms. The fourth-order valence-corrected chi connectivity index (χ4v) is 4.14. The van der Waals surface area contributed by atoms with Crippen molar-refractivity contribution in [1.29, 1.82) is 0 Å². The molecule has 0 aromatic heterocycles. The van der Waals surface area contributed by atoms with E-state index in [0.717, 1.165) is 37.2 Å². The third-order valence-corrected chi connectivity index (χ3v) is 5.51. The molecule has 3 atom stereocenters. The van der Waals surface area contributed by atoms with Gasteiger partial charge in [-0.3, -0.25) is 0 Å². The molecule has 5 heteroatoms. The molecular weight excluding hydrogens is 300 g/mol. The summed E-state index contributed by atoms with van der Waals surface area (Å²) in [6.07, 6.45) is 8.26. The third-order valence-electron chi connectivity index (χ3n) is 5.51. The second-order valence-corrected chi connectivity index (χ2v) is 7.22. The van der Waals surface area contributed by atoms with E-state index in [1.54, 1.807) is 0 Å². The Bertz CT molecular complexity index is 445. The summed E-state index contributed by atoms with van der Waals surface area (Å²) in [5.41, 5.74) is 2.04. The van der Waals surface area contributed by atoms with Gasteiger partial charge >= 0.3 is 0 Å². The number of likely N-dealkylation sites (tertiary alicyclic amines) is 1. The first kappa shape index (κ1) is 19.0. The summed E-state index contributed by atoms with van der Waals surface area (Å²) in [6, 6.07) is 0.453. The molecule has 1 saturated heterocycles. The highest BCUT2D eigenvalue weighted by molar-refractivity contribution is 5.59. The monoisotopic (exact) mass is 334 g/mol. The van der Waals surface area contributed by atoms with Crippen molar-refractivity contribution in [3.05, 3.63) is 24.6 Å². The van der Waals surface area contributed by atoms with Gasteiger partial charge in [0.1, 0.15) is 6.29 Å². The number of rotatable bonds is 9. The standard InChI is InChI=1S/C19H34N4O/c1-14(11-20-3)22-19(16-8-6-5-7-9-16)15(2)23-12-17(21-4)10-18(23)13-24/h13,16-22H,1-2,5-12H2,3-4H3. The van der Waals surface area contributed by atoms with Gasteiger partial charge in [0.2, 0.25) is 0 Å². The average Bonchev–Trinajstić information content (AvgIpc) is 3.03. The Balaban J connectivity index is 2.13. The Labute approximate surface area is 146 Å². The van der Waals surface area contributed by atoms with Crippen LogP contribution in [0.2, 0.25) is 0 Å². The van der Waals surface area contributed by atoms with E-state index in [2.05, 4.69) is 34.0 Å². The van der Waals surface area contributed by atoms with Crippen LogP contribution in [0.1, 0.15) is 38.5 Å². The molecule has 1 heterocycles. The van der Waals surface area contributed by atoms with Crippen LogP contribution >= 0.6 is 0 Å². The summed E-state index contributed by atoms with van der Waals surface area (Å²) in [7, 11) is 3.89. The summed E-state index contributed by atoms with van der Waals surface area (Å²) in [4.78, 5) is 13.8. The molecule has 2 aliphatic rings. The molecular formula is C19H34N4O. The lowest BCUT2D eigenvalue weighted by Crippen LogP contribution is -2.46. The van der Waals surface area contributed by atoms with Gasteiger partial charge in [0, 0.05) is 30.5 Å². The molecule has 0 aromatic rings. The van der Waals surface area contributed by atoms with E-state index >= 15 is 0 Å². The number of carbonyl (C=O) groups is 1. The number of hydrogen-bond acceptors (Lipinski definition) is 5. The summed E-state index contributed by atoms with van der Waals surface area (Å²) >= 11 is 0.